The van der Waals surface area contributed by atoms with Crippen LogP contribution in [-0.4, -0.2) is 63.4 Å². The summed E-state index contributed by atoms with van der Waals surface area (Å²) in [6.07, 6.45) is 4.35. The van der Waals surface area contributed by atoms with Gasteiger partial charge in [0.2, 0.25) is 0 Å². The van der Waals surface area contributed by atoms with Crippen LogP contribution >= 0.6 is 0 Å². The molecule has 1 saturated heterocycles. The van der Waals surface area contributed by atoms with E-state index in [1.807, 2.05) is 76.3 Å². The molecule has 0 radical (unpaired) electrons. The molecule has 3 aromatic carbocycles. The van der Waals surface area contributed by atoms with Crippen LogP contribution in [0, 0.1) is 0 Å². The lowest BCUT2D eigenvalue weighted by Gasteiger charge is -2.34. The third-order valence-corrected chi connectivity index (χ3v) is 6.09. The van der Waals surface area contributed by atoms with E-state index in [4.69, 9.17) is 0 Å². The van der Waals surface area contributed by atoms with E-state index in [-0.39, 0.29) is 5.91 Å². The summed E-state index contributed by atoms with van der Waals surface area (Å²) in [4.78, 5) is 17.3. The number of hydrogen-bond donors (Lipinski definition) is 0. The second-order valence-corrected chi connectivity index (χ2v) is 8.34. The summed E-state index contributed by atoms with van der Waals surface area (Å²) in [7, 11) is 0. The number of amides is 1. The Morgan fingerprint density at radius 2 is 1.58 bits per heavy atom. The largest absolute Gasteiger partial charge is 0.336 e. The van der Waals surface area contributed by atoms with Gasteiger partial charge in [-0.3, -0.25) is 9.69 Å². The molecule has 0 N–H and O–H groups in total. The van der Waals surface area contributed by atoms with E-state index in [1.165, 1.54) is 5.56 Å². The molecule has 166 valence electrons. The zero-order valence-electron chi connectivity index (χ0n) is 18.5. The van der Waals surface area contributed by atoms with E-state index < -0.39 is 0 Å². The highest BCUT2D eigenvalue weighted by Crippen LogP contribution is 2.14. The quantitative estimate of drug-likeness (QED) is 0.458. The van der Waals surface area contributed by atoms with Gasteiger partial charge in [0.1, 0.15) is 5.52 Å². The molecule has 1 amide bonds. The van der Waals surface area contributed by atoms with Crippen LogP contribution in [0.5, 0.6) is 0 Å². The number of fused-ring (bicyclic) bond motifs is 1. The molecule has 5 rings (SSSR count). The molecule has 1 aliphatic heterocycles. The fraction of sp³-hybridized carbons (Fsp3) is 0.222. The van der Waals surface area contributed by atoms with Crippen LogP contribution in [-0.2, 0) is 6.54 Å². The van der Waals surface area contributed by atoms with E-state index in [1.54, 1.807) is 0 Å². The van der Waals surface area contributed by atoms with Gasteiger partial charge in [0.25, 0.3) is 5.91 Å². The predicted octanol–water partition coefficient (Wildman–Crippen LogP) is 3.95. The maximum atomic E-state index is 13.0. The van der Waals surface area contributed by atoms with Gasteiger partial charge in [-0.15, -0.1) is 5.10 Å². The van der Waals surface area contributed by atoms with Crippen LogP contribution in [0.15, 0.2) is 84.9 Å². The molecule has 0 spiro atoms. The van der Waals surface area contributed by atoms with E-state index in [0.29, 0.717) is 6.54 Å². The van der Waals surface area contributed by atoms with E-state index in [2.05, 4.69) is 39.5 Å². The molecule has 0 atom stereocenters. The molecule has 2 heterocycles. The topological polar surface area (TPSA) is 54.3 Å². The van der Waals surface area contributed by atoms with Gasteiger partial charge >= 0.3 is 0 Å². The molecule has 0 saturated carbocycles. The predicted molar refractivity (Wildman–Crippen MR) is 131 cm³/mol. The van der Waals surface area contributed by atoms with Crippen molar-refractivity contribution in [2.75, 3.05) is 32.7 Å². The molecule has 6 heteroatoms. The van der Waals surface area contributed by atoms with Gasteiger partial charge in [-0.2, -0.15) is 0 Å². The first-order valence-electron chi connectivity index (χ1n) is 11.4. The van der Waals surface area contributed by atoms with Gasteiger partial charge in [-0.25, -0.2) is 4.68 Å². The molecule has 1 aromatic heterocycles. The van der Waals surface area contributed by atoms with Crippen LogP contribution in [0.1, 0.15) is 21.5 Å². The lowest BCUT2D eigenvalue weighted by molar-refractivity contribution is 0.0650. The van der Waals surface area contributed by atoms with Crippen molar-refractivity contribution in [1.82, 2.24) is 24.8 Å². The number of aromatic nitrogens is 3. The number of carbonyl (C=O) groups is 1. The molecular formula is C27H27N5O. The number of nitrogens with zero attached hydrogens (tertiary/aromatic N) is 5. The summed E-state index contributed by atoms with van der Waals surface area (Å²) in [5, 5.41) is 8.45. The minimum atomic E-state index is 0.104. The Morgan fingerprint density at radius 1 is 0.848 bits per heavy atom. The van der Waals surface area contributed by atoms with Crippen molar-refractivity contribution in [2.24, 2.45) is 0 Å². The van der Waals surface area contributed by atoms with Gasteiger partial charge in [-0.1, -0.05) is 72.0 Å². The van der Waals surface area contributed by atoms with Gasteiger partial charge in [-0.05, 0) is 35.4 Å². The summed E-state index contributed by atoms with van der Waals surface area (Å²) < 4.78 is 1.89. The lowest BCUT2D eigenvalue weighted by Crippen LogP contribution is -2.48. The van der Waals surface area contributed by atoms with Crippen molar-refractivity contribution in [3.05, 3.63) is 102 Å². The maximum Gasteiger partial charge on any atom is 0.253 e. The average molecular weight is 438 g/mol. The third-order valence-electron chi connectivity index (χ3n) is 6.09. The zero-order valence-corrected chi connectivity index (χ0v) is 18.5. The normalized spacial score (nSPS) is 14.8. The Bertz CT molecular complexity index is 1240. The zero-order chi connectivity index (χ0) is 22.5. The highest BCUT2D eigenvalue weighted by Gasteiger charge is 2.21. The lowest BCUT2D eigenvalue weighted by atomic mass is 10.1. The van der Waals surface area contributed by atoms with Crippen LogP contribution < -0.4 is 0 Å². The number of para-hydroxylation sites is 1. The SMILES string of the molecule is O=C(c1ccc(Cn2nnc3ccccc32)cc1)N1CCN(CC=Cc2ccccc2)CC1. The van der Waals surface area contributed by atoms with Crippen LogP contribution in [0.3, 0.4) is 0 Å². The molecule has 1 aliphatic rings. The van der Waals surface area contributed by atoms with Crippen molar-refractivity contribution in [3.8, 4) is 0 Å². The van der Waals surface area contributed by atoms with Crippen LogP contribution in [0.25, 0.3) is 17.1 Å². The number of rotatable bonds is 6. The summed E-state index contributed by atoms with van der Waals surface area (Å²) in [5.41, 5.74) is 4.94. The third kappa shape index (κ3) is 5.02. The molecule has 33 heavy (non-hydrogen) atoms. The molecule has 6 nitrogen and oxygen atoms in total. The van der Waals surface area contributed by atoms with Crippen molar-refractivity contribution >= 4 is 23.0 Å². The van der Waals surface area contributed by atoms with Crippen molar-refractivity contribution in [1.29, 1.82) is 0 Å². The van der Waals surface area contributed by atoms with Crippen LogP contribution in [0.4, 0.5) is 0 Å². The number of hydrogen-bond acceptors (Lipinski definition) is 4. The maximum absolute atomic E-state index is 13.0. The standard InChI is InChI=1S/C27H27N5O/c33-27(31-19-17-30(18-20-31)16-6-9-22-7-2-1-3-8-22)24-14-12-23(13-15-24)21-32-26-11-5-4-10-25(26)28-29-32/h1-15H,16-21H2. The molecular weight excluding hydrogens is 410 g/mol. The summed E-state index contributed by atoms with van der Waals surface area (Å²) in [6, 6.07) is 26.1. The minimum Gasteiger partial charge on any atom is -0.336 e. The summed E-state index contributed by atoms with van der Waals surface area (Å²) in [6.45, 7) is 4.83. The summed E-state index contributed by atoms with van der Waals surface area (Å²) >= 11 is 0. The second kappa shape index (κ2) is 9.79. The number of piperazine rings is 1. The first-order chi connectivity index (χ1) is 16.3. The fourth-order valence-electron chi connectivity index (χ4n) is 4.18. The van der Waals surface area contributed by atoms with Crippen molar-refractivity contribution < 1.29 is 4.79 Å². The summed E-state index contributed by atoms with van der Waals surface area (Å²) in [5.74, 6) is 0.104. The molecule has 4 aromatic rings. The monoisotopic (exact) mass is 437 g/mol. The molecule has 1 fully saturated rings. The Morgan fingerprint density at radius 3 is 2.36 bits per heavy atom. The first kappa shape index (κ1) is 21.1. The highest BCUT2D eigenvalue weighted by atomic mass is 16.2. The Kier molecular flexibility index (Phi) is 6.26. The minimum absolute atomic E-state index is 0.104. The van der Waals surface area contributed by atoms with Gasteiger partial charge < -0.3 is 4.90 Å². The average Bonchev–Trinajstić information content (AvgIpc) is 3.28. The Labute approximate surface area is 193 Å². The number of carbonyl (C=O) groups excluding carboxylic acids is 1. The molecule has 0 bridgehead atoms. The first-order valence-corrected chi connectivity index (χ1v) is 11.4. The smallest absolute Gasteiger partial charge is 0.253 e. The van der Waals surface area contributed by atoms with E-state index in [0.717, 1.165) is 54.9 Å². The molecule has 0 unspecified atom stereocenters. The van der Waals surface area contributed by atoms with Gasteiger partial charge in [0.15, 0.2) is 0 Å². The van der Waals surface area contributed by atoms with Crippen molar-refractivity contribution in [2.45, 2.75) is 6.54 Å². The van der Waals surface area contributed by atoms with E-state index in [9.17, 15) is 4.79 Å². The highest BCUT2D eigenvalue weighted by molar-refractivity contribution is 5.94. The molecule has 0 aliphatic carbocycles. The van der Waals surface area contributed by atoms with E-state index >= 15 is 0 Å². The second-order valence-electron chi connectivity index (χ2n) is 8.34. The fourth-order valence-corrected chi connectivity index (χ4v) is 4.18. The van der Waals surface area contributed by atoms with Gasteiger partial charge in [0, 0.05) is 38.3 Å². The van der Waals surface area contributed by atoms with Crippen LogP contribution in [0.2, 0.25) is 0 Å². The number of benzene rings is 3. The Hall–Kier alpha value is -3.77. The van der Waals surface area contributed by atoms with Gasteiger partial charge in [0.05, 0.1) is 12.1 Å². The van der Waals surface area contributed by atoms with Crippen molar-refractivity contribution in [3.63, 3.8) is 0 Å². The Balaban J connectivity index is 1.14.